The molecule has 2 aliphatic rings. The molecule has 2 rings (SSSR count). The zero-order valence-electron chi connectivity index (χ0n) is 13.0. The van der Waals surface area contributed by atoms with Crippen LogP contribution in [0.25, 0.3) is 0 Å². The van der Waals surface area contributed by atoms with E-state index >= 15 is 0 Å². The average molecular weight is 340 g/mol. The van der Waals surface area contributed by atoms with Gasteiger partial charge in [0.2, 0.25) is 0 Å². The van der Waals surface area contributed by atoms with Crippen LogP contribution in [0.2, 0.25) is 0 Å². The molecule has 126 valence electrons. The maximum Gasteiger partial charge on any atom is 0.279 e. The molecule has 0 saturated heterocycles. The lowest BCUT2D eigenvalue weighted by molar-refractivity contribution is 0.272. The normalized spacial score (nSPS) is 23.8. The van der Waals surface area contributed by atoms with E-state index in [1.54, 1.807) is 7.05 Å². The molecule has 0 aromatic heterocycles. The van der Waals surface area contributed by atoms with Gasteiger partial charge in [0.15, 0.2) is 0 Å². The zero-order valence-corrected chi connectivity index (χ0v) is 14.6. The summed E-state index contributed by atoms with van der Waals surface area (Å²) < 4.78 is 29.0. The maximum absolute atomic E-state index is 12.4. The number of hydrogen-bond donors (Lipinski definition) is 2. The Morgan fingerprint density at radius 3 is 2.19 bits per heavy atom. The minimum atomic E-state index is -3.39. The van der Waals surface area contributed by atoms with Crippen LogP contribution in [-0.2, 0) is 10.2 Å². The second-order valence-corrected chi connectivity index (χ2v) is 8.37. The number of rotatable bonds is 5. The van der Waals surface area contributed by atoms with Crippen LogP contribution in [0.3, 0.4) is 0 Å². The van der Waals surface area contributed by atoms with Gasteiger partial charge in [0.05, 0.1) is 0 Å². The van der Waals surface area contributed by atoms with Gasteiger partial charge in [-0.2, -0.15) is 12.7 Å². The Hall–Kier alpha value is 0.120. The molecule has 0 aromatic rings. The van der Waals surface area contributed by atoms with E-state index in [0.717, 1.165) is 51.4 Å². The first kappa shape index (κ1) is 19.2. The summed E-state index contributed by atoms with van der Waals surface area (Å²) in [6.07, 6.45) is 10.7. The van der Waals surface area contributed by atoms with E-state index in [1.807, 2.05) is 0 Å². The molecule has 0 aromatic carbocycles. The van der Waals surface area contributed by atoms with E-state index in [-0.39, 0.29) is 24.0 Å². The van der Waals surface area contributed by atoms with Gasteiger partial charge in [-0.25, -0.2) is 4.72 Å². The van der Waals surface area contributed by atoms with Crippen LogP contribution in [0.5, 0.6) is 0 Å². The summed E-state index contributed by atoms with van der Waals surface area (Å²) in [5.74, 6) is 0. The smallest absolute Gasteiger partial charge is 0.279 e. The van der Waals surface area contributed by atoms with Gasteiger partial charge in [-0.05, 0) is 25.7 Å². The van der Waals surface area contributed by atoms with Crippen LogP contribution in [-0.4, -0.2) is 37.9 Å². The molecule has 21 heavy (non-hydrogen) atoms. The number of nitrogens with two attached hydrogens (primary N) is 1. The van der Waals surface area contributed by atoms with E-state index in [2.05, 4.69) is 4.72 Å². The largest absolute Gasteiger partial charge is 0.324 e. The van der Waals surface area contributed by atoms with E-state index in [1.165, 1.54) is 17.1 Å². The monoisotopic (exact) mass is 339 g/mol. The molecule has 0 unspecified atom stereocenters. The Balaban J connectivity index is 0.00000220. The van der Waals surface area contributed by atoms with Gasteiger partial charge >= 0.3 is 0 Å². The lowest BCUT2D eigenvalue weighted by atomic mass is 9.83. The quantitative estimate of drug-likeness (QED) is 0.806. The highest BCUT2D eigenvalue weighted by molar-refractivity contribution is 7.87. The number of nitrogens with zero attached hydrogens (tertiary/aromatic N) is 1. The van der Waals surface area contributed by atoms with E-state index in [0.29, 0.717) is 6.54 Å². The van der Waals surface area contributed by atoms with Gasteiger partial charge in [-0.1, -0.05) is 38.5 Å². The van der Waals surface area contributed by atoms with E-state index < -0.39 is 10.2 Å². The predicted octanol–water partition coefficient (Wildman–Crippen LogP) is 2.17. The molecule has 0 amide bonds. The summed E-state index contributed by atoms with van der Waals surface area (Å²) in [5, 5.41) is 0. The van der Waals surface area contributed by atoms with Crippen molar-refractivity contribution in [2.45, 2.75) is 75.8 Å². The molecular formula is C14H30ClN3O2S. The molecular weight excluding hydrogens is 310 g/mol. The molecule has 0 bridgehead atoms. The van der Waals surface area contributed by atoms with Gasteiger partial charge in [0.25, 0.3) is 10.2 Å². The van der Waals surface area contributed by atoms with Gasteiger partial charge < -0.3 is 5.73 Å². The highest BCUT2D eigenvalue weighted by Crippen LogP contribution is 2.26. The van der Waals surface area contributed by atoms with Gasteiger partial charge in [0, 0.05) is 25.2 Å². The molecule has 2 saturated carbocycles. The second-order valence-electron chi connectivity index (χ2n) is 6.56. The van der Waals surface area contributed by atoms with E-state index in [9.17, 15) is 8.42 Å². The third-order valence-electron chi connectivity index (χ3n) is 4.92. The Kier molecular flexibility index (Phi) is 7.40. The molecule has 0 heterocycles. The first-order chi connectivity index (χ1) is 9.43. The summed E-state index contributed by atoms with van der Waals surface area (Å²) in [6, 6.07) is 0.154. The van der Waals surface area contributed by atoms with Crippen molar-refractivity contribution in [2.75, 3.05) is 13.6 Å². The second kappa shape index (κ2) is 8.11. The molecule has 2 aliphatic carbocycles. The Bertz CT molecular complexity index is 404. The molecule has 0 spiro atoms. The highest BCUT2D eigenvalue weighted by Gasteiger charge is 2.32. The molecule has 7 heteroatoms. The first-order valence-corrected chi connectivity index (χ1v) is 9.38. The fourth-order valence-electron chi connectivity index (χ4n) is 3.41. The lowest BCUT2D eigenvalue weighted by Crippen LogP contribution is -2.54. The molecule has 0 radical (unpaired) electrons. The highest BCUT2D eigenvalue weighted by atomic mass is 35.5. The van der Waals surface area contributed by atoms with E-state index in [4.69, 9.17) is 5.73 Å². The van der Waals surface area contributed by atoms with Crippen molar-refractivity contribution in [3.05, 3.63) is 0 Å². The van der Waals surface area contributed by atoms with Gasteiger partial charge in [-0.15, -0.1) is 12.4 Å². The van der Waals surface area contributed by atoms with Crippen LogP contribution in [0.4, 0.5) is 0 Å². The summed E-state index contributed by atoms with van der Waals surface area (Å²) in [6.45, 7) is 0.367. The van der Waals surface area contributed by atoms with Crippen molar-refractivity contribution < 1.29 is 8.42 Å². The summed E-state index contributed by atoms with van der Waals surface area (Å²) in [7, 11) is -1.70. The first-order valence-electron chi connectivity index (χ1n) is 7.94. The van der Waals surface area contributed by atoms with Crippen molar-refractivity contribution in [1.29, 1.82) is 0 Å². The Morgan fingerprint density at radius 1 is 1.10 bits per heavy atom. The van der Waals surface area contributed by atoms with Crippen LogP contribution < -0.4 is 10.5 Å². The maximum atomic E-state index is 12.4. The molecule has 5 nitrogen and oxygen atoms in total. The molecule has 2 fully saturated rings. The van der Waals surface area contributed by atoms with Crippen molar-refractivity contribution in [3.63, 3.8) is 0 Å². The van der Waals surface area contributed by atoms with Gasteiger partial charge in [-0.3, -0.25) is 0 Å². The third-order valence-corrected chi connectivity index (χ3v) is 6.49. The number of halogens is 1. The van der Waals surface area contributed by atoms with Crippen LogP contribution in [0, 0.1) is 0 Å². The average Bonchev–Trinajstić information content (AvgIpc) is 2.46. The van der Waals surface area contributed by atoms with Crippen molar-refractivity contribution in [3.8, 4) is 0 Å². The lowest BCUT2D eigenvalue weighted by Gasteiger charge is -2.35. The minimum Gasteiger partial charge on any atom is -0.324 e. The zero-order chi connectivity index (χ0) is 14.6. The Labute approximate surface area is 135 Å². The molecule has 0 atom stereocenters. The number of nitrogens with one attached hydrogen (secondary N) is 1. The van der Waals surface area contributed by atoms with Crippen molar-refractivity contribution in [2.24, 2.45) is 5.73 Å². The third kappa shape index (κ3) is 5.36. The predicted molar refractivity (Wildman–Crippen MR) is 88.8 cm³/mol. The molecule has 3 N–H and O–H groups in total. The fourth-order valence-corrected chi connectivity index (χ4v) is 4.69. The summed E-state index contributed by atoms with van der Waals surface area (Å²) in [5.41, 5.74) is 5.95. The Morgan fingerprint density at radius 2 is 1.62 bits per heavy atom. The van der Waals surface area contributed by atoms with Crippen LogP contribution in [0.1, 0.15) is 64.2 Å². The molecule has 0 aliphatic heterocycles. The van der Waals surface area contributed by atoms with Crippen molar-refractivity contribution >= 4 is 22.6 Å². The van der Waals surface area contributed by atoms with Gasteiger partial charge in [0.1, 0.15) is 0 Å². The van der Waals surface area contributed by atoms with Crippen LogP contribution >= 0.6 is 12.4 Å². The van der Waals surface area contributed by atoms with Crippen LogP contribution in [0.15, 0.2) is 0 Å². The standard InChI is InChI=1S/C14H29N3O2S.ClH/c1-17(13-8-4-2-5-9-13)20(18,19)16-12-14(15)10-6-3-7-11-14;/h13,16H,2-12,15H2,1H3;1H. The topological polar surface area (TPSA) is 75.4 Å². The number of hydrogen-bond acceptors (Lipinski definition) is 3. The minimum absolute atomic E-state index is 0. The van der Waals surface area contributed by atoms with Crippen molar-refractivity contribution in [1.82, 2.24) is 9.03 Å². The fraction of sp³-hybridized carbons (Fsp3) is 1.00. The SMILES string of the molecule is CN(C1CCCCC1)S(=O)(=O)NCC1(N)CCCCC1.Cl. The summed E-state index contributed by atoms with van der Waals surface area (Å²) in [4.78, 5) is 0. The summed E-state index contributed by atoms with van der Waals surface area (Å²) >= 11 is 0.